The summed E-state index contributed by atoms with van der Waals surface area (Å²) in [6, 6.07) is 0.0160. The van der Waals surface area contributed by atoms with E-state index < -0.39 is 5.97 Å². The normalized spacial score (nSPS) is 23.4. The predicted molar refractivity (Wildman–Crippen MR) is 64.2 cm³/mol. The number of hydrogen-bond acceptors (Lipinski definition) is 6. The topological polar surface area (TPSA) is 87.3 Å². The van der Waals surface area contributed by atoms with Gasteiger partial charge in [0.25, 0.3) is 0 Å². The number of aromatic nitrogens is 2. The Morgan fingerprint density at radius 2 is 2.17 bits per heavy atom. The predicted octanol–water partition coefficient (Wildman–Crippen LogP) is 0.912. The molecule has 1 heterocycles. The summed E-state index contributed by atoms with van der Waals surface area (Å²) in [5.74, 6) is -0.207. The first-order valence-corrected chi connectivity index (χ1v) is 6.03. The molecule has 18 heavy (non-hydrogen) atoms. The minimum Gasteiger partial charge on any atom is -0.472 e. The fraction of sp³-hybridized carbons (Fsp3) is 0.583. The second kappa shape index (κ2) is 5.77. The minimum absolute atomic E-state index is 0.0160. The number of carbonyl (C=O) groups excluding carboxylic acids is 1. The van der Waals surface area contributed by atoms with Crippen molar-refractivity contribution in [1.82, 2.24) is 9.97 Å². The van der Waals surface area contributed by atoms with E-state index in [2.05, 4.69) is 14.7 Å². The number of carbonyl (C=O) groups is 1. The van der Waals surface area contributed by atoms with Crippen LogP contribution in [0.1, 0.15) is 36.2 Å². The average molecular weight is 251 g/mol. The van der Waals surface area contributed by atoms with Gasteiger partial charge in [0.05, 0.1) is 19.5 Å². The van der Waals surface area contributed by atoms with Gasteiger partial charge in [0.15, 0.2) is 5.69 Å². The van der Waals surface area contributed by atoms with Crippen LogP contribution in [0, 0.1) is 0 Å². The maximum absolute atomic E-state index is 11.3. The molecule has 2 atom stereocenters. The summed E-state index contributed by atoms with van der Waals surface area (Å²) >= 11 is 0. The summed E-state index contributed by atoms with van der Waals surface area (Å²) in [6.45, 7) is 0. The van der Waals surface area contributed by atoms with Crippen LogP contribution in [0.5, 0.6) is 5.88 Å². The average Bonchev–Trinajstić information content (AvgIpc) is 2.41. The van der Waals surface area contributed by atoms with Gasteiger partial charge < -0.3 is 15.2 Å². The van der Waals surface area contributed by atoms with Crippen molar-refractivity contribution in [2.24, 2.45) is 5.73 Å². The lowest BCUT2D eigenvalue weighted by molar-refractivity contribution is 0.0589. The molecule has 0 radical (unpaired) electrons. The first-order chi connectivity index (χ1) is 8.70. The standard InChI is InChI=1S/C12H17N3O3/c1-17-12(16)9-6-14-7-11(15-9)18-10-5-3-2-4-8(10)13/h6-8,10H,2-5,13H2,1H3. The molecule has 1 saturated carbocycles. The summed E-state index contributed by atoms with van der Waals surface area (Å²) in [5, 5.41) is 0. The van der Waals surface area contributed by atoms with Crippen molar-refractivity contribution in [3.8, 4) is 5.88 Å². The van der Waals surface area contributed by atoms with Crippen molar-refractivity contribution >= 4 is 5.97 Å². The first-order valence-electron chi connectivity index (χ1n) is 6.03. The molecule has 0 aromatic carbocycles. The van der Waals surface area contributed by atoms with E-state index >= 15 is 0 Å². The molecule has 98 valence electrons. The Bertz CT molecular complexity index is 425. The molecule has 0 saturated heterocycles. The van der Waals surface area contributed by atoms with E-state index in [0.717, 1.165) is 25.7 Å². The molecule has 2 unspecified atom stereocenters. The number of ether oxygens (including phenoxy) is 2. The highest BCUT2D eigenvalue weighted by Crippen LogP contribution is 2.21. The molecule has 2 N–H and O–H groups in total. The Hall–Kier alpha value is -1.69. The highest BCUT2D eigenvalue weighted by Gasteiger charge is 2.24. The third-order valence-corrected chi connectivity index (χ3v) is 3.03. The Morgan fingerprint density at radius 1 is 1.39 bits per heavy atom. The number of rotatable bonds is 3. The second-order valence-electron chi connectivity index (χ2n) is 4.34. The lowest BCUT2D eigenvalue weighted by atomic mass is 9.93. The quantitative estimate of drug-likeness (QED) is 0.803. The Balaban J connectivity index is 2.06. The van der Waals surface area contributed by atoms with E-state index in [1.54, 1.807) is 0 Å². The largest absolute Gasteiger partial charge is 0.472 e. The van der Waals surface area contributed by atoms with Gasteiger partial charge in [-0.05, 0) is 19.3 Å². The summed E-state index contributed by atoms with van der Waals surface area (Å²) in [6.07, 6.45) is 6.87. The summed E-state index contributed by atoms with van der Waals surface area (Å²) < 4.78 is 10.3. The van der Waals surface area contributed by atoms with E-state index in [-0.39, 0.29) is 17.8 Å². The van der Waals surface area contributed by atoms with Crippen molar-refractivity contribution in [3.63, 3.8) is 0 Å². The Kier molecular flexibility index (Phi) is 4.09. The maximum Gasteiger partial charge on any atom is 0.358 e. The molecular weight excluding hydrogens is 234 g/mol. The zero-order chi connectivity index (χ0) is 13.0. The van der Waals surface area contributed by atoms with Gasteiger partial charge in [0, 0.05) is 6.04 Å². The number of nitrogens with zero attached hydrogens (tertiary/aromatic N) is 2. The van der Waals surface area contributed by atoms with Crippen LogP contribution in [-0.2, 0) is 4.74 Å². The van der Waals surface area contributed by atoms with Gasteiger partial charge in [0.1, 0.15) is 6.10 Å². The van der Waals surface area contributed by atoms with Crippen LogP contribution in [0.25, 0.3) is 0 Å². The highest BCUT2D eigenvalue weighted by molar-refractivity contribution is 5.86. The zero-order valence-corrected chi connectivity index (χ0v) is 10.3. The van der Waals surface area contributed by atoms with Gasteiger partial charge in [-0.25, -0.2) is 9.78 Å². The van der Waals surface area contributed by atoms with Crippen molar-refractivity contribution < 1.29 is 14.3 Å². The molecule has 0 aliphatic heterocycles. The molecule has 0 bridgehead atoms. The van der Waals surface area contributed by atoms with Gasteiger partial charge in [0.2, 0.25) is 5.88 Å². The SMILES string of the molecule is COC(=O)c1cncc(OC2CCCCC2N)n1. The molecule has 1 aliphatic rings. The number of esters is 1. The van der Waals surface area contributed by atoms with E-state index in [9.17, 15) is 4.79 Å². The maximum atomic E-state index is 11.3. The number of methoxy groups -OCH3 is 1. The van der Waals surface area contributed by atoms with Gasteiger partial charge >= 0.3 is 5.97 Å². The van der Waals surface area contributed by atoms with Crippen LogP contribution < -0.4 is 10.5 Å². The van der Waals surface area contributed by atoms with Crippen LogP contribution >= 0.6 is 0 Å². The van der Waals surface area contributed by atoms with Crippen molar-refractivity contribution in [2.45, 2.75) is 37.8 Å². The first kappa shape index (κ1) is 12.8. The van der Waals surface area contributed by atoms with Crippen LogP contribution in [0.15, 0.2) is 12.4 Å². The van der Waals surface area contributed by atoms with Crippen molar-refractivity contribution in [1.29, 1.82) is 0 Å². The number of hydrogen-bond donors (Lipinski definition) is 1. The van der Waals surface area contributed by atoms with Crippen molar-refractivity contribution in [3.05, 3.63) is 18.1 Å². The van der Waals surface area contributed by atoms with Crippen LogP contribution in [0.4, 0.5) is 0 Å². The van der Waals surface area contributed by atoms with E-state index in [0.29, 0.717) is 5.88 Å². The van der Waals surface area contributed by atoms with Gasteiger partial charge in [-0.1, -0.05) is 6.42 Å². The molecule has 0 amide bonds. The lowest BCUT2D eigenvalue weighted by Gasteiger charge is -2.28. The molecule has 1 fully saturated rings. The summed E-state index contributed by atoms with van der Waals surface area (Å²) in [7, 11) is 1.30. The van der Waals surface area contributed by atoms with E-state index in [4.69, 9.17) is 10.5 Å². The van der Waals surface area contributed by atoms with Crippen LogP contribution in [-0.4, -0.2) is 35.2 Å². The summed E-state index contributed by atoms with van der Waals surface area (Å²) in [5.41, 5.74) is 6.12. The molecular formula is C12H17N3O3. The molecule has 0 spiro atoms. The Morgan fingerprint density at radius 3 is 2.89 bits per heavy atom. The van der Waals surface area contributed by atoms with Gasteiger partial charge in [-0.15, -0.1) is 0 Å². The Labute approximate surface area is 106 Å². The fourth-order valence-electron chi connectivity index (χ4n) is 2.03. The smallest absolute Gasteiger partial charge is 0.358 e. The molecule has 2 rings (SSSR count). The molecule has 1 aliphatic carbocycles. The van der Waals surface area contributed by atoms with Gasteiger partial charge in [-0.2, -0.15) is 0 Å². The van der Waals surface area contributed by atoms with Crippen molar-refractivity contribution in [2.75, 3.05) is 7.11 Å². The molecule has 1 aromatic heterocycles. The third kappa shape index (κ3) is 2.95. The molecule has 6 heteroatoms. The second-order valence-corrected chi connectivity index (χ2v) is 4.34. The fourth-order valence-corrected chi connectivity index (χ4v) is 2.03. The molecule has 6 nitrogen and oxygen atoms in total. The van der Waals surface area contributed by atoms with E-state index in [1.807, 2.05) is 0 Å². The molecule has 1 aromatic rings. The minimum atomic E-state index is -0.527. The lowest BCUT2D eigenvalue weighted by Crippen LogP contribution is -2.41. The van der Waals surface area contributed by atoms with Gasteiger partial charge in [-0.3, -0.25) is 4.98 Å². The third-order valence-electron chi connectivity index (χ3n) is 3.03. The number of nitrogens with two attached hydrogens (primary N) is 1. The highest BCUT2D eigenvalue weighted by atomic mass is 16.5. The monoisotopic (exact) mass is 251 g/mol. The zero-order valence-electron chi connectivity index (χ0n) is 10.3. The van der Waals surface area contributed by atoms with E-state index in [1.165, 1.54) is 19.5 Å². The summed E-state index contributed by atoms with van der Waals surface area (Å²) in [4.78, 5) is 19.3. The van der Waals surface area contributed by atoms with Crippen LogP contribution in [0.2, 0.25) is 0 Å². The van der Waals surface area contributed by atoms with Crippen LogP contribution in [0.3, 0.4) is 0 Å².